The van der Waals surface area contributed by atoms with Crippen LogP contribution in [0, 0.1) is 11.2 Å². The van der Waals surface area contributed by atoms with E-state index in [-0.39, 0.29) is 16.5 Å². The first-order valence-electron chi connectivity index (χ1n) is 5.73. The Morgan fingerprint density at radius 2 is 2.29 bits per heavy atom. The quantitative estimate of drug-likeness (QED) is 0.726. The Morgan fingerprint density at radius 1 is 1.59 bits per heavy atom. The maximum absolute atomic E-state index is 13.0. The SMILES string of the molecule is CCC1(C)C(Br)CC1Oc1ccc(F)c(Cl)c1. The molecule has 0 bridgehead atoms. The van der Waals surface area contributed by atoms with E-state index in [2.05, 4.69) is 29.8 Å². The van der Waals surface area contributed by atoms with Crippen LogP contribution in [0.5, 0.6) is 5.75 Å². The fraction of sp³-hybridized carbons (Fsp3) is 0.538. The van der Waals surface area contributed by atoms with Gasteiger partial charge in [0.25, 0.3) is 0 Å². The van der Waals surface area contributed by atoms with Gasteiger partial charge in [-0.3, -0.25) is 0 Å². The van der Waals surface area contributed by atoms with E-state index in [1.54, 1.807) is 6.07 Å². The third-order valence-electron chi connectivity index (χ3n) is 3.80. The number of benzene rings is 1. The van der Waals surface area contributed by atoms with Crippen molar-refractivity contribution < 1.29 is 9.13 Å². The van der Waals surface area contributed by atoms with E-state index in [1.807, 2.05) is 0 Å². The molecule has 0 N–H and O–H groups in total. The molecule has 0 heterocycles. The molecule has 1 aliphatic rings. The molecule has 0 saturated heterocycles. The number of ether oxygens (including phenoxy) is 1. The monoisotopic (exact) mass is 320 g/mol. The third kappa shape index (κ3) is 2.32. The number of halogens is 3. The molecule has 0 aliphatic heterocycles. The summed E-state index contributed by atoms with van der Waals surface area (Å²) in [6.07, 6.45) is 2.18. The maximum Gasteiger partial charge on any atom is 0.142 e. The number of hydrogen-bond acceptors (Lipinski definition) is 1. The van der Waals surface area contributed by atoms with Crippen molar-refractivity contribution in [2.24, 2.45) is 5.41 Å². The van der Waals surface area contributed by atoms with Gasteiger partial charge in [-0.15, -0.1) is 0 Å². The largest absolute Gasteiger partial charge is 0.490 e. The molecule has 0 spiro atoms. The van der Waals surface area contributed by atoms with Gasteiger partial charge in [0.2, 0.25) is 0 Å². The van der Waals surface area contributed by atoms with E-state index in [0.717, 1.165) is 12.8 Å². The highest BCUT2D eigenvalue weighted by Gasteiger charge is 2.50. The van der Waals surface area contributed by atoms with Crippen LogP contribution in [-0.4, -0.2) is 10.9 Å². The Kier molecular flexibility index (Phi) is 3.69. The van der Waals surface area contributed by atoms with Gasteiger partial charge in [-0.05, 0) is 25.0 Å². The van der Waals surface area contributed by atoms with Gasteiger partial charge in [0.15, 0.2) is 0 Å². The molecule has 1 saturated carbocycles. The minimum atomic E-state index is -0.413. The molecule has 1 aromatic rings. The van der Waals surface area contributed by atoms with Crippen molar-refractivity contribution >= 4 is 27.5 Å². The second-order valence-electron chi connectivity index (χ2n) is 4.75. The molecule has 3 unspecified atom stereocenters. The van der Waals surface area contributed by atoms with E-state index < -0.39 is 5.82 Å². The van der Waals surface area contributed by atoms with E-state index in [0.29, 0.717) is 10.6 Å². The second kappa shape index (κ2) is 4.77. The molecule has 0 aromatic heterocycles. The highest BCUT2D eigenvalue weighted by atomic mass is 79.9. The molecule has 3 atom stereocenters. The first kappa shape index (κ1) is 13.2. The first-order chi connectivity index (χ1) is 7.97. The van der Waals surface area contributed by atoms with Gasteiger partial charge < -0.3 is 4.74 Å². The Bertz CT molecular complexity index is 426. The van der Waals surface area contributed by atoms with Crippen LogP contribution in [0.4, 0.5) is 4.39 Å². The molecule has 1 fully saturated rings. The molecule has 2 rings (SSSR count). The van der Waals surface area contributed by atoms with E-state index >= 15 is 0 Å². The fourth-order valence-electron chi connectivity index (χ4n) is 2.11. The van der Waals surface area contributed by atoms with Crippen LogP contribution in [0.2, 0.25) is 5.02 Å². The van der Waals surface area contributed by atoms with Crippen LogP contribution < -0.4 is 4.74 Å². The molecule has 4 heteroatoms. The second-order valence-corrected chi connectivity index (χ2v) is 6.26. The lowest BCUT2D eigenvalue weighted by Crippen LogP contribution is -2.54. The highest BCUT2D eigenvalue weighted by Crippen LogP contribution is 2.50. The van der Waals surface area contributed by atoms with Crippen LogP contribution in [0.25, 0.3) is 0 Å². The fourth-order valence-corrected chi connectivity index (χ4v) is 3.24. The normalized spacial score (nSPS) is 32.1. The zero-order valence-corrected chi connectivity index (χ0v) is 12.2. The number of hydrogen-bond donors (Lipinski definition) is 0. The molecule has 17 heavy (non-hydrogen) atoms. The van der Waals surface area contributed by atoms with Gasteiger partial charge in [0, 0.05) is 16.3 Å². The standard InChI is InChI=1S/C13H15BrClFO/c1-3-13(2)11(14)7-12(13)17-8-4-5-10(16)9(15)6-8/h4-6,11-12H,3,7H2,1-2H3. The topological polar surface area (TPSA) is 9.23 Å². The molecule has 1 aromatic carbocycles. The maximum atomic E-state index is 13.0. The summed E-state index contributed by atoms with van der Waals surface area (Å²) in [6.45, 7) is 4.35. The summed E-state index contributed by atoms with van der Waals surface area (Å²) in [5.41, 5.74) is 0.140. The third-order valence-corrected chi connectivity index (χ3v) is 5.51. The molecule has 1 aliphatic carbocycles. The van der Waals surface area contributed by atoms with Gasteiger partial charge in [-0.1, -0.05) is 41.4 Å². The molecule has 0 radical (unpaired) electrons. The van der Waals surface area contributed by atoms with Crippen molar-refractivity contribution in [3.8, 4) is 5.75 Å². The number of alkyl halides is 1. The van der Waals surface area contributed by atoms with Crippen molar-refractivity contribution in [1.82, 2.24) is 0 Å². The van der Waals surface area contributed by atoms with Crippen LogP contribution in [0.15, 0.2) is 18.2 Å². The Labute approximate surface area is 114 Å². The minimum absolute atomic E-state index is 0.107. The van der Waals surface area contributed by atoms with Crippen LogP contribution >= 0.6 is 27.5 Å². The van der Waals surface area contributed by atoms with Crippen molar-refractivity contribution in [2.75, 3.05) is 0 Å². The van der Waals surface area contributed by atoms with Crippen molar-refractivity contribution in [3.63, 3.8) is 0 Å². The van der Waals surface area contributed by atoms with Gasteiger partial charge in [0.1, 0.15) is 17.7 Å². The van der Waals surface area contributed by atoms with Crippen molar-refractivity contribution in [2.45, 2.75) is 37.6 Å². The van der Waals surface area contributed by atoms with Gasteiger partial charge in [-0.2, -0.15) is 0 Å². The van der Waals surface area contributed by atoms with Crippen LogP contribution in [-0.2, 0) is 0 Å². The van der Waals surface area contributed by atoms with E-state index in [4.69, 9.17) is 16.3 Å². The first-order valence-corrected chi connectivity index (χ1v) is 7.02. The molecule has 94 valence electrons. The Hall–Kier alpha value is -0.280. The summed E-state index contributed by atoms with van der Waals surface area (Å²) in [4.78, 5) is 0.487. The van der Waals surface area contributed by atoms with Crippen LogP contribution in [0.3, 0.4) is 0 Å². The summed E-state index contributed by atoms with van der Waals surface area (Å²) in [6, 6.07) is 4.50. The minimum Gasteiger partial charge on any atom is -0.490 e. The van der Waals surface area contributed by atoms with Crippen molar-refractivity contribution in [1.29, 1.82) is 0 Å². The summed E-state index contributed by atoms with van der Waals surface area (Å²) in [5, 5.41) is 0.107. The average Bonchev–Trinajstić information content (AvgIpc) is 2.32. The molecular weight excluding hydrogens is 306 g/mol. The summed E-state index contributed by atoms with van der Waals surface area (Å²) in [5.74, 6) is 0.227. The zero-order valence-electron chi connectivity index (χ0n) is 9.84. The molecule has 0 amide bonds. The Morgan fingerprint density at radius 3 is 2.82 bits per heavy atom. The average molecular weight is 322 g/mol. The van der Waals surface area contributed by atoms with Gasteiger partial charge in [-0.25, -0.2) is 4.39 Å². The lowest BCUT2D eigenvalue weighted by Gasteiger charge is -2.50. The lowest BCUT2D eigenvalue weighted by molar-refractivity contribution is -0.0243. The number of rotatable bonds is 3. The van der Waals surface area contributed by atoms with Crippen molar-refractivity contribution in [3.05, 3.63) is 29.0 Å². The Balaban J connectivity index is 2.09. The summed E-state index contributed by atoms with van der Waals surface area (Å²) < 4.78 is 18.9. The summed E-state index contributed by atoms with van der Waals surface area (Å²) >= 11 is 9.38. The molecular formula is C13H15BrClFO. The van der Waals surface area contributed by atoms with E-state index in [1.165, 1.54) is 12.1 Å². The van der Waals surface area contributed by atoms with E-state index in [9.17, 15) is 4.39 Å². The van der Waals surface area contributed by atoms with Crippen LogP contribution in [0.1, 0.15) is 26.7 Å². The predicted molar refractivity (Wildman–Crippen MR) is 71.6 cm³/mol. The molecule has 1 nitrogen and oxygen atoms in total. The lowest BCUT2D eigenvalue weighted by atomic mass is 9.65. The zero-order chi connectivity index (χ0) is 12.6. The van der Waals surface area contributed by atoms with Gasteiger partial charge in [0.05, 0.1) is 5.02 Å². The highest BCUT2D eigenvalue weighted by molar-refractivity contribution is 9.09. The summed E-state index contributed by atoms with van der Waals surface area (Å²) in [7, 11) is 0. The predicted octanol–water partition coefficient (Wildman–Crippen LogP) is 4.81. The van der Waals surface area contributed by atoms with Gasteiger partial charge >= 0.3 is 0 Å². The smallest absolute Gasteiger partial charge is 0.142 e.